The number of pyridine rings is 1. The normalized spacial score (nSPS) is 9.68. The van der Waals surface area contributed by atoms with Gasteiger partial charge in [-0.05, 0) is 23.8 Å². The topological polar surface area (TPSA) is 84.0 Å². The zero-order valence-corrected chi connectivity index (χ0v) is 10.6. The second kappa shape index (κ2) is 5.74. The first kappa shape index (κ1) is 12.7. The van der Waals surface area contributed by atoms with Gasteiger partial charge < -0.3 is 15.8 Å². The molecule has 19 heavy (non-hydrogen) atoms. The lowest BCUT2D eigenvalue weighted by atomic mass is 10.1. The van der Waals surface area contributed by atoms with E-state index in [0.29, 0.717) is 29.5 Å². The van der Waals surface area contributed by atoms with Gasteiger partial charge in [0.2, 0.25) is 5.88 Å². The molecule has 0 amide bonds. The molecule has 96 valence electrons. The smallest absolute Gasteiger partial charge is 0.215 e. The van der Waals surface area contributed by atoms with Crippen LogP contribution in [0.5, 0.6) is 5.88 Å². The Bertz CT molecular complexity index is 602. The number of hydrogen-bond acceptors (Lipinski definition) is 5. The van der Waals surface area contributed by atoms with E-state index in [2.05, 4.69) is 16.4 Å². The van der Waals surface area contributed by atoms with Crippen LogP contribution >= 0.6 is 0 Å². The van der Waals surface area contributed by atoms with Crippen LogP contribution in [0.4, 0.5) is 11.5 Å². The number of nitrogens with zero attached hydrogens (tertiary/aromatic N) is 2. The third-order valence-corrected chi connectivity index (χ3v) is 2.65. The first-order valence-corrected chi connectivity index (χ1v) is 5.76. The van der Waals surface area contributed by atoms with Gasteiger partial charge in [-0.3, -0.25) is 0 Å². The molecule has 2 rings (SSSR count). The molecule has 0 saturated heterocycles. The van der Waals surface area contributed by atoms with Crippen molar-refractivity contribution < 1.29 is 4.74 Å². The van der Waals surface area contributed by atoms with Crippen LogP contribution in [0, 0.1) is 11.3 Å². The van der Waals surface area contributed by atoms with Crippen LogP contribution in [0.3, 0.4) is 0 Å². The standard InChI is InChI=1S/C14H14N4O/c1-19-13-7-6-12(16)14(18-13)17-9-11-4-2-10(8-15)3-5-11/h2-7H,9,16H2,1H3,(H,17,18). The Labute approximate surface area is 111 Å². The first-order valence-electron chi connectivity index (χ1n) is 5.76. The average molecular weight is 254 g/mol. The zero-order chi connectivity index (χ0) is 13.7. The minimum atomic E-state index is 0.511. The van der Waals surface area contributed by atoms with Crippen molar-refractivity contribution in [3.8, 4) is 11.9 Å². The van der Waals surface area contributed by atoms with Crippen molar-refractivity contribution in [1.82, 2.24) is 4.98 Å². The van der Waals surface area contributed by atoms with Gasteiger partial charge in [-0.1, -0.05) is 12.1 Å². The predicted octanol–water partition coefficient (Wildman–Crippen LogP) is 2.16. The van der Waals surface area contributed by atoms with E-state index in [4.69, 9.17) is 15.7 Å². The molecule has 1 aromatic heterocycles. The summed E-state index contributed by atoms with van der Waals surface area (Å²) in [6.45, 7) is 0.579. The second-order valence-electron chi connectivity index (χ2n) is 3.95. The van der Waals surface area contributed by atoms with Crippen LogP contribution in [0.15, 0.2) is 36.4 Å². The summed E-state index contributed by atoms with van der Waals surface area (Å²) >= 11 is 0. The lowest BCUT2D eigenvalue weighted by Gasteiger charge is -2.09. The third-order valence-electron chi connectivity index (χ3n) is 2.65. The van der Waals surface area contributed by atoms with Crippen molar-refractivity contribution in [3.05, 3.63) is 47.5 Å². The number of nitrogens with one attached hydrogen (secondary N) is 1. The van der Waals surface area contributed by atoms with Gasteiger partial charge in [0.1, 0.15) is 0 Å². The molecule has 5 heteroatoms. The number of aromatic nitrogens is 1. The maximum Gasteiger partial charge on any atom is 0.215 e. The summed E-state index contributed by atoms with van der Waals surface area (Å²) in [7, 11) is 1.56. The first-order chi connectivity index (χ1) is 9.22. The van der Waals surface area contributed by atoms with E-state index in [1.165, 1.54) is 0 Å². The van der Waals surface area contributed by atoms with Crippen molar-refractivity contribution in [3.63, 3.8) is 0 Å². The van der Waals surface area contributed by atoms with Gasteiger partial charge in [0, 0.05) is 12.6 Å². The molecule has 0 radical (unpaired) electrons. The summed E-state index contributed by atoms with van der Waals surface area (Å²) in [5.41, 5.74) is 8.08. The molecule has 1 aromatic carbocycles. The predicted molar refractivity (Wildman–Crippen MR) is 73.7 cm³/mol. The highest BCUT2D eigenvalue weighted by Crippen LogP contribution is 2.20. The largest absolute Gasteiger partial charge is 0.481 e. The van der Waals surface area contributed by atoms with Gasteiger partial charge in [-0.25, -0.2) is 0 Å². The quantitative estimate of drug-likeness (QED) is 0.873. The molecule has 0 atom stereocenters. The summed E-state index contributed by atoms with van der Waals surface area (Å²) in [4.78, 5) is 4.23. The highest BCUT2D eigenvalue weighted by molar-refractivity contribution is 5.62. The Morgan fingerprint density at radius 2 is 2.00 bits per heavy atom. The molecule has 0 aliphatic rings. The van der Waals surface area contributed by atoms with Crippen LogP contribution in [-0.4, -0.2) is 12.1 Å². The fourth-order valence-electron chi connectivity index (χ4n) is 1.59. The maximum absolute atomic E-state index is 8.72. The number of methoxy groups -OCH3 is 1. The van der Waals surface area contributed by atoms with E-state index in [1.54, 1.807) is 31.4 Å². The van der Waals surface area contributed by atoms with Crippen molar-refractivity contribution in [2.75, 3.05) is 18.2 Å². The number of rotatable bonds is 4. The molecule has 5 nitrogen and oxygen atoms in total. The Morgan fingerprint density at radius 1 is 1.26 bits per heavy atom. The summed E-state index contributed by atoms with van der Waals surface area (Å²) in [6, 6.07) is 12.9. The molecule has 0 fully saturated rings. The monoisotopic (exact) mass is 254 g/mol. The van der Waals surface area contributed by atoms with E-state index in [1.807, 2.05) is 12.1 Å². The number of nitrogens with two attached hydrogens (primary N) is 1. The average Bonchev–Trinajstić information content (AvgIpc) is 2.47. The maximum atomic E-state index is 8.72. The molecular formula is C14H14N4O. The number of ether oxygens (including phenoxy) is 1. The molecule has 1 heterocycles. The van der Waals surface area contributed by atoms with Crippen molar-refractivity contribution >= 4 is 11.5 Å². The molecule has 0 bridgehead atoms. The van der Waals surface area contributed by atoms with Crippen molar-refractivity contribution in [2.45, 2.75) is 6.54 Å². The summed E-state index contributed by atoms with van der Waals surface area (Å²) in [5, 5.41) is 11.9. The summed E-state index contributed by atoms with van der Waals surface area (Å²) in [5.74, 6) is 1.10. The summed E-state index contributed by atoms with van der Waals surface area (Å²) in [6.07, 6.45) is 0. The Balaban J connectivity index is 2.07. The summed E-state index contributed by atoms with van der Waals surface area (Å²) < 4.78 is 5.05. The molecule has 3 N–H and O–H groups in total. The van der Waals surface area contributed by atoms with Gasteiger partial charge in [0.25, 0.3) is 0 Å². The number of benzene rings is 1. The van der Waals surface area contributed by atoms with Crippen LogP contribution in [0.25, 0.3) is 0 Å². The SMILES string of the molecule is COc1ccc(N)c(NCc2ccc(C#N)cc2)n1. The molecule has 2 aromatic rings. The van der Waals surface area contributed by atoms with E-state index >= 15 is 0 Å². The lowest BCUT2D eigenvalue weighted by Crippen LogP contribution is -2.05. The van der Waals surface area contributed by atoms with Crippen LogP contribution < -0.4 is 15.8 Å². The zero-order valence-electron chi connectivity index (χ0n) is 10.6. The Kier molecular flexibility index (Phi) is 3.84. The second-order valence-corrected chi connectivity index (χ2v) is 3.95. The van der Waals surface area contributed by atoms with Crippen molar-refractivity contribution in [2.24, 2.45) is 0 Å². The van der Waals surface area contributed by atoms with Gasteiger partial charge in [-0.2, -0.15) is 10.2 Å². The van der Waals surface area contributed by atoms with E-state index in [9.17, 15) is 0 Å². The van der Waals surface area contributed by atoms with E-state index in [-0.39, 0.29) is 0 Å². The van der Waals surface area contributed by atoms with Crippen molar-refractivity contribution in [1.29, 1.82) is 5.26 Å². The molecule has 0 aliphatic carbocycles. The number of anilines is 2. The number of hydrogen-bond donors (Lipinski definition) is 2. The molecule has 0 unspecified atom stereocenters. The highest BCUT2D eigenvalue weighted by Gasteiger charge is 2.03. The lowest BCUT2D eigenvalue weighted by molar-refractivity contribution is 0.398. The molecule has 0 spiro atoms. The van der Waals surface area contributed by atoms with E-state index < -0.39 is 0 Å². The van der Waals surface area contributed by atoms with Crippen LogP contribution in [0.1, 0.15) is 11.1 Å². The van der Waals surface area contributed by atoms with Gasteiger partial charge in [0.15, 0.2) is 5.82 Å². The van der Waals surface area contributed by atoms with Gasteiger partial charge in [-0.15, -0.1) is 0 Å². The highest BCUT2D eigenvalue weighted by atomic mass is 16.5. The van der Waals surface area contributed by atoms with Crippen LogP contribution in [0.2, 0.25) is 0 Å². The van der Waals surface area contributed by atoms with E-state index in [0.717, 1.165) is 5.56 Å². The molecule has 0 aliphatic heterocycles. The fourth-order valence-corrected chi connectivity index (χ4v) is 1.59. The fraction of sp³-hybridized carbons (Fsp3) is 0.143. The Morgan fingerprint density at radius 3 is 2.63 bits per heavy atom. The minimum Gasteiger partial charge on any atom is -0.481 e. The Hall–Kier alpha value is -2.74. The van der Waals surface area contributed by atoms with Crippen LogP contribution in [-0.2, 0) is 6.54 Å². The number of nitriles is 1. The van der Waals surface area contributed by atoms with Gasteiger partial charge in [0.05, 0.1) is 24.4 Å². The molecule has 0 saturated carbocycles. The third kappa shape index (κ3) is 3.13. The van der Waals surface area contributed by atoms with Gasteiger partial charge >= 0.3 is 0 Å². The minimum absolute atomic E-state index is 0.511. The molecular weight excluding hydrogens is 240 g/mol. The number of nitrogen functional groups attached to an aromatic ring is 1.